The van der Waals surface area contributed by atoms with Crippen molar-refractivity contribution in [3.05, 3.63) is 53.9 Å². The summed E-state index contributed by atoms with van der Waals surface area (Å²) in [6.45, 7) is 2.03. The molecule has 1 N–H and O–H groups in total. The molecular formula is C15H16N2O3. The highest BCUT2D eigenvalue weighted by molar-refractivity contribution is 6.07. The molecule has 0 aliphatic rings. The summed E-state index contributed by atoms with van der Waals surface area (Å²) < 4.78 is 6.75. The van der Waals surface area contributed by atoms with E-state index in [0.717, 1.165) is 0 Å². The van der Waals surface area contributed by atoms with Crippen molar-refractivity contribution in [2.75, 3.05) is 11.9 Å². The zero-order valence-corrected chi connectivity index (χ0v) is 11.4. The van der Waals surface area contributed by atoms with E-state index in [4.69, 9.17) is 4.74 Å². The number of para-hydroxylation sites is 1. The first-order valence-corrected chi connectivity index (χ1v) is 6.31. The van der Waals surface area contributed by atoms with Gasteiger partial charge in [0.25, 0.3) is 5.91 Å². The van der Waals surface area contributed by atoms with Gasteiger partial charge in [0.1, 0.15) is 0 Å². The first kappa shape index (κ1) is 13.9. The number of amides is 1. The van der Waals surface area contributed by atoms with Gasteiger partial charge in [0.15, 0.2) is 0 Å². The zero-order chi connectivity index (χ0) is 14.5. The highest BCUT2D eigenvalue weighted by atomic mass is 16.5. The van der Waals surface area contributed by atoms with Crippen LogP contribution in [0.5, 0.6) is 0 Å². The van der Waals surface area contributed by atoms with E-state index in [0.29, 0.717) is 23.4 Å². The van der Waals surface area contributed by atoms with E-state index in [2.05, 4.69) is 5.32 Å². The smallest absolute Gasteiger partial charge is 0.340 e. The van der Waals surface area contributed by atoms with E-state index < -0.39 is 5.97 Å². The molecule has 1 aromatic carbocycles. The van der Waals surface area contributed by atoms with Gasteiger partial charge in [0, 0.05) is 19.4 Å². The fraction of sp³-hybridized carbons (Fsp3) is 0.200. The van der Waals surface area contributed by atoms with Crippen molar-refractivity contribution in [2.45, 2.75) is 6.92 Å². The number of hydrogen-bond acceptors (Lipinski definition) is 3. The quantitative estimate of drug-likeness (QED) is 0.870. The second kappa shape index (κ2) is 6.06. The monoisotopic (exact) mass is 272 g/mol. The van der Waals surface area contributed by atoms with Crippen LogP contribution >= 0.6 is 0 Å². The summed E-state index contributed by atoms with van der Waals surface area (Å²) in [6, 6.07) is 8.49. The van der Waals surface area contributed by atoms with Gasteiger partial charge in [-0.2, -0.15) is 0 Å². The van der Waals surface area contributed by atoms with Crippen LogP contribution < -0.4 is 5.32 Å². The summed E-state index contributed by atoms with van der Waals surface area (Å²) in [5, 5.41) is 2.73. The van der Waals surface area contributed by atoms with Crippen molar-refractivity contribution in [1.29, 1.82) is 0 Å². The number of nitrogens with zero attached hydrogens (tertiary/aromatic N) is 1. The third kappa shape index (κ3) is 3.06. The van der Waals surface area contributed by atoms with E-state index in [1.54, 1.807) is 54.2 Å². The Labute approximate surface area is 117 Å². The molecule has 5 heteroatoms. The van der Waals surface area contributed by atoms with E-state index >= 15 is 0 Å². The number of anilines is 1. The van der Waals surface area contributed by atoms with Gasteiger partial charge in [-0.15, -0.1) is 0 Å². The van der Waals surface area contributed by atoms with Gasteiger partial charge in [0.05, 0.1) is 23.4 Å². The third-order valence-electron chi connectivity index (χ3n) is 2.76. The van der Waals surface area contributed by atoms with E-state index in [-0.39, 0.29) is 5.91 Å². The number of hydrogen-bond donors (Lipinski definition) is 1. The molecule has 0 unspecified atom stereocenters. The van der Waals surface area contributed by atoms with Crippen LogP contribution in [0.1, 0.15) is 27.6 Å². The fourth-order valence-corrected chi connectivity index (χ4v) is 1.81. The van der Waals surface area contributed by atoms with Gasteiger partial charge >= 0.3 is 5.97 Å². The van der Waals surface area contributed by atoms with E-state index in [1.165, 1.54) is 0 Å². The number of nitrogens with one attached hydrogen (secondary N) is 1. The molecule has 0 aliphatic carbocycles. The van der Waals surface area contributed by atoms with Gasteiger partial charge in [-0.25, -0.2) is 4.79 Å². The Hall–Kier alpha value is -2.56. The topological polar surface area (TPSA) is 60.3 Å². The van der Waals surface area contributed by atoms with Crippen LogP contribution in [0.2, 0.25) is 0 Å². The lowest BCUT2D eigenvalue weighted by atomic mass is 10.1. The SMILES string of the molecule is CCOC(=O)c1ccccc1NC(=O)c1ccn(C)c1. The number of benzene rings is 1. The van der Waals surface area contributed by atoms with Gasteiger partial charge in [-0.05, 0) is 25.1 Å². The second-order valence-corrected chi connectivity index (χ2v) is 4.29. The number of esters is 1. The Balaban J connectivity index is 2.21. The lowest BCUT2D eigenvalue weighted by Gasteiger charge is -2.09. The predicted molar refractivity (Wildman–Crippen MR) is 75.8 cm³/mol. The molecule has 2 rings (SSSR count). The summed E-state index contributed by atoms with van der Waals surface area (Å²) in [6.07, 6.45) is 3.49. The number of aromatic nitrogens is 1. The first-order chi connectivity index (χ1) is 9.61. The summed E-state index contributed by atoms with van der Waals surface area (Å²) in [7, 11) is 1.84. The molecule has 0 atom stereocenters. The summed E-state index contributed by atoms with van der Waals surface area (Å²) in [5.74, 6) is -0.709. The van der Waals surface area contributed by atoms with Crippen LogP contribution in [0.15, 0.2) is 42.7 Å². The zero-order valence-electron chi connectivity index (χ0n) is 11.4. The molecule has 0 aliphatic heterocycles. The summed E-state index contributed by atoms with van der Waals surface area (Å²) in [5.41, 5.74) is 1.32. The van der Waals surface area contributed by atoms with Crippen molar-refractivity contribution in [3.8, 4) is 0 Å². The van der Waals surface area contributed by atoms with Crippen LogP contribution in [0.3, 0.4) is 0 Å². The number of carbonyl (C=O) groups excluding carboxylic acids is 2. The lowest BCUT2D eigenvalue weighted by Crippen LogP contribution is -2.15. The van der Waals surface area contributed by atoms with E-state index in [1.807, 2.05) is 7.05 Å². The molecule has 1 aromatic heterocycles. The molecule has 2 aromatic rings. The predicted octanol–water partition coefficient (Wildman–Crippen LogP) is 2.45. The third-order valence-corrected chi connectivity index (χ3v) is 2.76. The van der Waals surface area contributed by atoms with Gasteiger partial charge < -0.3 is 14.6 Å². The van der Waals surface area contributed by atoms with Crippen LogP contribution in [0.4, 0.5) is 5.69 Å². The molecule has 0 fully saturated rings. The normalized spacial score (nSPS) is 10.1. The molecule has 20 heavy (non-hydrogen) atoms. The average molecular weight is 272 g/mol. The maximum absolute atomic E-state index is 12.1. The summed E-state index contributed by atoms with van der Waals surface area (Å²) in [4.78, 5) is 23.9. The van der Waals surface area contributed by atoms with Crippen LogP contribution in [-0.4, -0.2) is 23.1 Å². The minimum Gasteiger partial charge on any atom is -0.462 e. The molecule has 5 nitrogen and oxygen atoms in total. The lowest BCUT2D eigenvalue weighted by molar-refractivity contribution is 0.0527. The van der Waals surface area contributed by atoms with Crippen molar-refractivity contribution in [2.24, 2.45) is 7.05 Å². The highest BCUT2D eigenvalue weighted by Crippen LogP contribution is 2.17. The largest absolute Gasteiger partial charge is 0.462 e. The minimum absolute atomic E-state index is 0.262. The second-order valence-electron chi connectivity index (χ2n) is 4.29. The standard InChI is InChI=1S/C15H16N2O3/c1-3-20-15(19)12-6-4-5-7-13(12)16-14(18)11-8-9-17(2)10-11/h4-10H,3H2,1-2H3,(H,16,18). The van der Waals surface area contributed by atoms with Gasteiger partial charge in [-0.3, -0.25) is 4.79 Å². The number of aryl methyl sites for hydroxylation is 1. The Morgan fingerprint density at radius 2 is 2.00 bits per heavy atom. The maximum atomic E-state index is 12.1. The molecule has 1 heterocycles. The maximum Gasteiger partial charge on any atom is 0.340 e. The van der Waals surface area contributed by atoms with Crippen molar-refractivity contribution in [1.82, 2.24) is 4.57 Å². The molecule has 0 saturated heterocycles. The Morgan fingerprint density at radius 1 is 1.25 bits per heavy atom. The van der Waals surface area contributed by atoms with E-state index in [9.17, 15) is 9.59 Å². The van der Waals surface area contributed by atoms with Crippen LogP contribution in [-0.2, 0) is 11.8 Å². The molecule has 0 bridgehead atoms. The average Bonchev–Trinajstić information content (AvgIpc) is 2.86. The van der Waals surface area contributed by atoms with Gasteiger partial charge in [-0.1, -0.05) is 12.1 Å². The van der Waals surface area contributed by atoms with Gasteiger partial charge in [0.2, 0.25) is 0 Å². The van der Waals surface area contributed by atoms with Crippen LogP contribution in [0, 0.1) is 0 Å². The Bertz CT molecular complexity index is 632. The molecular weight excluding hydrogens is 256 g/mol. The molecule has 0 radical (unpaired) electrons. The number of rotatable bonds is 4. The molecule has 0 saturated carbocycles. The Morgan fingerprint density at radius 3 is 2.65 bits per heavy atom. The van der Waals surface area contributed by atoms with Crippen molar-refractivity contribution in [3.63, 3.8) is 0 Å². The summed E-state index contributed by atoms with van der Waals surface area (Å²) >= 11 is 0. The highest BCUT2D eigenvalue weighted by Gasteiger charge is 2.15. The first-order valence-electron chi connectivity index (χ1n) is 6.31. The number of carbonyl (C=O) groups is 2. The molecule has 104 valence electrons. The van der Waals surface area contributed by atoms with Crippen LogP contribution in [0.25, 0.3) is 0 Å². The van der Waals surface area contributed by atoms with Crippen molar-refractivity contribution >= 4 is 17.6 Å². The molecule has 1 amide bonds. The molecule has 0 spiro atoms. The minimum atomic E-state index is -0.448. The fourth-order valence-electron chi connectivity index (χ4n) is 1.81. The van der Waals surface area contributed by atoms with Crippen molar-refractivity contribution < 1.29 is 14.3 Å². The Kier molecular flexibility index (Phi) is 4.20. The number of ether oxygens (including phenoxy) is 1.